The van der Waals surface area contributed by atoms with Gasteiger partial charge in [-0.25, -0.2) is 9.97 Å². The van der Waals surface area contributed by atoms with E-state index in [1.54, 1.807) is 12.2 Å². The number of hydrogen-bond donors (Lipinski definition) is 0. The van der Waals surface area contributed by atoms with Gasteiger partial charge in [-0.15, -0.1) is 0 Å². The Morgan fingerprint density at radius 2 is 1.59 bits per heavy atom. The normalized spacial score (nSPS) is 11.7. The molecule has 0 radical (unpaired) electrons. The molecule has 7 heteroatoms. The van der Waals surface area contributed by atoms with Gasteiger partial charge in [-0.05, 0) is 23.8 Å². The molecule has 0 aliphatic heterocycles. The lowest BCUT2D eigenvalue weighted by atomic mass is 10.1. The van der Waals surface area contributed by atoms with E-state index in [0.717, 1.165) is 12.1 Å². The van der Waals surface area contributed by atoms with Crippen molar-refractivity contribution in [3.05, 3.63) is 47.3 Å². The quantitative estimate of drug-likeness (QED) is 0.864. The first-order chi connectivity index (χ1) is 10.4. The number of methoxy groups -OCH3 is 2. The number of benzene rings is 1. The number of alkyl halides is 3. The first-order valence-electron chi connectivity index (χ1n) is 6.24. The van der Waals surface area contributed by atoms with Gasteiger partial charge in [0, 0.05) is 0 Å². The third kappa shape index (κ3) is 3.75. The smallest absolute Gasteiger partial charge is 0.416 e. The van der Waals surface area contributed by atoms with Gasteiger partial charge in [0.1, 0.15) is 0 Å². The first-order valence-corrected chi connectivity index (χ1v) is 6.24. The van der Waals surface area contributed by atoms with E-state index in [4.69, 9.17) is 9.47 Å². The molecule has 0 unspecified atom stereocenters. The van der Waals surface area contributed by atoms with E-state index in [2.05, 4.69) is 9.97 Å². The lowest BCUT2D eigenvalue weighted by molar-refractivity contribution is -0.137. The zero-order valence-electron chi connectivity index (χ0n) is 11.9. The minimum absolute atomic E-state index is 0.233. The third-order valence-electron chi connectivity index (χ3n) is 2.80. The Morgan fingerprint density at radius 3 is 2.14 bits per heavy atom. The van der Waals surface area contributed by atoms with Crippen molar-refractivity contribution >= 4 is 12.2 Å². The molecular formula is C15H13F3N2O2. The Bertz CT molecular complexity index is 667. The van der Waals surface area contributed by atoms with Crippen molar-refractivity contribution in [2.75, 3.05) is 14.2 Å². The summed E-state index contributed by atoms with van der Waals surface area (Å²) < 4.78 is 47.4. The number of hydrogen-bond acceptors (Lipinski definition) is 4. The molecule has 0 atom stereocenters. The van der Waals surface area contributed by atoms with E-state index in [9.17, 15) is 13.2 Å². The van der Waals surface area contributed by atoms with Crippen molar-refractivity contribution < 1.29 is 22.6 Å². The highest BCUT2D eigenvalue weighted by molar-refractivity contribution is 5.68. The zero-order valence-corrected chi connectivity index (χ0v) is 11.9. The maximum Gasteiger partial charge on any atom is 0.416 e. The van der Waals surface area contributed by atoms with Gasteiger partial charge in [0.25, 0.3) is 11.8 Å². The average molecular weight is 310 g/mol. The summed E-state index contributed by atoms with van der Waals surface area (Å²) in [5, 5.41) is 0. The van der Waals surface area contributed by atoms with Crippen LogP contribution >= 0.6 is 0 Å². The molecule has 0 spiro atoms. The second-order valence-electron chi connectivity index (χ2n) is 4.27. The van der Waals surface area contributed by atoms with Crippen LogP contribution in [0, 0.1) is 0 Å². The molecule has 1 heterocycles. The Morgan fingerprint density at radius 1 is 0.955 bits per heavy atom. The number of ether oxygens (including phenoxy) is 2. The van der Waals surface area contributed by atoms with Gasteiger partial charge < -0.3 is 9.47 Å². The Hall–Kier alpha value is -2.57. The largest absolute Gasteiger partial charge is 0.477 e. The summed E-state index contributed by atoms with van der Waals surface area (Å²) in [6, 6.07) is 4.82. The van der Waals surface area contributed by atoms with Crippen molar-refractivity contribution in [2.24, 2.45) is 0 Å². The van der Waals surface area contributed by atoms with Crippen molar-refractivity contribution in [1.29, 1.82) is 0 Å². The lowest BCUT2D eigenvalue weighted by Crippen LogP contribution is -2.03. The van der Waals surface area contributed by atoms with E-state index in [1.807, 2.05) is 0 Å². The lowest BCUT2D eigenvalue weighted by Gasteiger charge is -2.06. The molecule has 0 fully saturated rings. The van der Waals surface area contributed by atoms with E-state index in [1.165, 1.54) is 32.5 Å². The van der Waals surface area contributed by atoms with Crippen LogP contribution in [-0.2, 0) is 6.18 Å². The number of aromatic nitrogens is 2. The summed E-state index contributed by atoms with van der Waals surface area (Å²) >= 11 is 0. The van der Waals surface area contributed by atoms with Crippen LogP contribution in [0.15, 0.2) is 30.5 Å². The summed E-state index contributed by atoms with van der Waals surface area (Å²) in [6.45, 7) is 0. The summed E-state index contributed by atoms with van der Waals surface area (Å²) in [7, 11) is 2.89. The molecule has 1 aromatic heterocycles. The molecule has 2 rings (SSSR count). The van der Waals surface area contributed by atoms with E-state index < -0.39 is 11.7 Å². The van der Waals surface area contributed by atoms with Crippen LogP contribution in [0.4, 0.5) is 13.2 Å². The standard InChI is InChI=1S/C15H13F3N2O2/c1-21-13-14(22-2)20-12(9-19-13)8-5-10-3-6-11(7-4-10)15(16,17)18/h3-9H,1-2H3/b8-5+. The minimum Gasteiger partial charge on any atom is -0.477 e. The van der Waals surface area contributed by atoms with Crippen molar-refractivity contribution in [3.63, 3.8) is 0 Å². The fourth-order valence-electron chi connectivity index (χ4n) is 1.69. The van der Waals surface area contributed by atoms with Gasteiger partial charge in [0.15, 0.2) is 0 Å². The SMILES string of the molecule is COc1ncc(/C=C/c2ccc(C(F)(F)F)cc2)nc1OC. The van der Waals surface area contributed by atoms with E-state index in [0.29, 0.717) is 11.3 Å². The van der Waals surface area contributed by atoms with Gasteiger partial charge in [0.05, 0.1) is 31.7 Å². The van der Waals surface area contributed by atoms with Gasteiger partial charge in [0.2, 0.25) is 0 Å². The molecule has 22 heavy (non-hydrogen) atoms. The number of rotatable bonds is 4. The number of halogens is 3. The zero-order chi connectivity index (χ0) is 16.2. The van der Waals surface area contributed by atoms with E-state index >= 15 is 0 Å². The summed E-state index contributed by atoms with van der Waals surface area (Å²) in [4.78, 5) is 8.17. The van der Waals surface area contributed by atoms with Crippen LogP contribution in [0.3, 0.4) is 0 Å². The minimum atomic E-state index is -4.34. The Labute approximate surface area is 125 Å². The molecular weight excluding hydrogens is 297 g/mol. The topological polar surface area (TPSA) is 44.2 Å². The van der Waals surface area contributed by atoms with Crippen LogP contribution in [0.25, 0.3) is 12.2 Å². The van der Waals surface area contributed by atoms with Crippen LogP contribution in [-0.4, -0.2) is 24.2 Å². The molecule has 116 valence electrons. The molecule has 0 aliphatic rings. The average Bonchev–Trinajstić information content (AvgIpc) is 2.52. The summed E-state index contributed by atoms with van der Waals surface area (Å²) in [6.07, 6.45) is 0.395. The molecule has 0 bridgehead atoms. The molecule has 1 aromatic carbocycles. The predicted molar refractivity (Wildman–Crippen MR) is 75.5 cm³/mol. The third-order valence-corrected chi connectivity index (χ3v) is 2.80. The molecule has 0 aliphatic carbocycles. The Balaban J connectivity index is 2.18. The van der Waals surface area contributed by atoms with Crippen LogP contribution in [0.5, 0.6) is 11.8 Å². The van der Waals surface area contributed by atoms with Crippen LogP contribution in [0.1, 0.15) is 16.8 Å². The van der Waals surface area contributed by atoms with Crippen LogP contribution in [0.2, 0.25) is 0 Å². The monoisotopic (exact) mass is 310 g/mol. The highest BCUT2D eigenvalue weighted by atomic mass is 19.4. The van der Waals surface area contributed by atoms with Crippen molar-refractivity contribution in [2.45, 2.75) is 6.18 Å². The summed E-state index contributed by atoms with van der Waals surface area (Å²) in [5.74, 6) is 0.492. The van der Waals surface area contributed by atoms with Crippen molar-refractivity contribution in [3.8, 4) is 11.8 Å². The van der Waals surface area contributed by atoms with Crippen molar-refractivity contribution in [1.82, 2.24) is 9.97 Å². The molecule has 0 amide bonds. The second-order valence-corrected chi connectivity index (χ2v) is 4.27. The first kappa shape index (κ1) is 15.8. The van der Waals surface area contributed by atoms with E-state index in [-0.39, 0.29) is 11.8 Å². The van der Waals surface area contributed by atoms with Gasteiger partial charge in [-0.1, -0.05) is 18.2 Å². The maximum absolute atomic E-state index is 12.5. The molecule has 0 saturated heterocycles. The predicted octanol–water partition coefficient (Wildman–Crippen LogP) is 3.68. The summed E-state index contributed by atoms with van der Waals surface area (Å²) in [5.41, 5.74) is 0.428. The molecule has 0 saturated carbocycles. The molecule has 4 nitrogen and oxygen atoms in total. The maximum atomic E-state index is 12.5. The van der Waals surface area contributed by atoms with Gasteiger partial charge >= 0.3 is 6.18 Å². The highest BCUT2D eigenvalue weighted by Crippen LogP contribution is 2.29. The highest BCUT2D eigenvalue weighted by Gasteiger charge is 2.29. The fourth-order valence-corrected chi connectivity index (χ4v) is 1.69. The molecule has 0 N–H and O–H groups in total. The number of nitrogens with zero attached hydrogens (tertiary/aromatic N) is 2. The second kappa shape index (κ2) is 6.46. The molecule has 2 aromatic rings. The fraction of sp³-hybridized carbons (Fsp3) is 0.200. The van der Waals surface area contributed by atoms with Gasteiger partial charge in [-0.2, -0.15) is 13.2 Å². The Kier molecular flexibility index (Phi) is 4.65. The van der Waals surface area contributed by atoms with Crippen LogP contribution < -0.4 is 9.47 Å². The van der Waals surface area contributed by atoms with Gasteiger partial charge in [-0.3, -0.25) is 0 Å².